The minimum atomic E-state index is -0.220. The number of hydrogen-bond acceptors (Lipinski definition) is 7. The Kier molecular flexibility index (Phi) is 7.04. The van der Waals surface area contributed by atoms with Crippen LogP contribution in [-0.4, -0.2) is 50.3 Å². The summed E-state index contributed by atoms with van der Waals surface area (Å²) < 4.78 is 16.2. The summed E-state index contributed by atoms with van der Waals surface area (Å²) in [5, 5.41) is 3.41. The zero-order valence-corrected chi connectivity index (χ0v) is 20.0. The lowest BCUT2D eigenvalue weighted by molar-refractivity contribution is 0.0755. The van der Waals surface area contributed by atoms with E-state index in [1.165, 1.54) is 5.56 Å². The number of carbonyl (C=O) groups is 1. The van der Waals surface area contributed by atoms with Crippen LogP contribution in [0.25, 0.3) is 0 Å². The number of nitrogens with one attached hydrogen (secondary N) is 1. The van der Waals surface area contributed by atoms with Gasteiger partial charge in [-0.2, -0.15) is 0 Å². The summed E-state index contributed by atoms with van der Waals surface area (Å²) in [4.78, 5) is 17.0. The topological polar surface area (TPSA) is 60.0 Å². The number of carbonyl (C=O) groups excluding carboxylic acids is 1. The Morgan fingerprint density at radius 2 is 1.85 bits per heavy atom. The largest absolute Gasteiger partial charge is 0.497 e. The average molecular weight is 477 g/mol. The second-order valence-electron chi connectivity index (χ2n) is 8.38. The number of rotatable bonds is 8. The Hall–Kier alpha value is -3.00. The van der Waals surface area contributed by atoms with Crippen molar-refractivity contribution in [1.82, 2.24) is 10.2 Å². The van der Waals surface area contributed by atoms with E-state index in [-0.39, 0.29) is 18.6 Å². The molecule has 2 aliphatic heterocycles. The SMILES string of the molecule is COc1ccc(CSc2ccccc2C(=O)C2CNCCN2Cc2ccc3c(c2)OCO3)cc1. The van der Waals surface area contributed by atoms with Gasteiger partial charge in [0.15, 0.2) is 17.3 Å². The van der Waals surface area contributed by atoms with E-state index in [1.54, 1.807) is 18.9 Å². The minimum absolute atomic E-state index is 0.158. The molecule has 1 fully saturated rings. The molecular weight excluding hydrogens is 448 g/mol. The fraction of sp³-hybridized carbons (Fsp3) is 0.296. The van der Waals surface area contributed by atoms with Crippen LogP contribution in [0.1, 0.15) is 21.5 Å². The van der Waals surface area contributed by atoms with Gasteiger partial charge in [-0.25, -0.2) is 0 Å². The third-order valence-electron chi connectivity index (χ3n) is 6.19. The van der Waals surface area contributed by atoms with Crippen molar-refractivity contribution in [2.75, 3.05) is 33.5 Å². The van der Waals surface area contributed by atoms with Crippen LogP contribution in [0.2, 0.25) is 0 Å². The fourth-order valence-electron chi connectivity index (χ4n) is 4.33. The van der Waals surface area contributed by atoms with Crippen molar-refractivity contribution >= 4 is 17.5 Å². The molecule has 3 aromatic rings. The van der Waals surface area contributed by atoms with E-state index in [4.69, 9.17) is 14.2 Å². The van der Waals surface area contributed by atoms with Gasteiger partial charge in [0.2, 0.25) is 6.79 Å². The van der Waals surface area contributed by atoms with Crippen molar-refractivity contribution in [2.45, 2.75) is 23.2 Å². The first-order chi connectivity index (χ1) is 16.7. The molecule has 3 aromatic carbocycles. The molecule has 0 aliphatic carbocycles. The first-order valence-electron chi connectivity index (χ1n) is 11.4. The summed E-state index contributed by atoms with van der Waals surface area (Å²) in [5.74, 6) is 3.34. The van der Waals surface area contributed by atoms with E-state index in [2.05, 4.69) is 28.4 Å². The van der Waals surface area contributed by atoms with Crippen molar-refractivity contribution < 1.29 is 19.0 Å². The fourth-order valence-corrected chi connectivity index (χ4v) is 5.34. The predicted molar refractivity (Wildman–Crippen MR) is 133 cm³/mol. The van der Waals surface area contributed by atoms with Crippen molar-refractivity contribution in [1.29, 1.82) is 0 Å². The number of ketones is 1. The minimum Gasteiger partial charge on any atom is -0.497 e. The molecule has 1 saturated heterocycles. The highest BCUT2D eigenvalue weighted by atomic mass is 32.2. The third kappa shape index (κ3) is 5.06. The second-order valence-corrected chi connectivity index (χ2v) is 9.39. The van der Waals surface area contributed by atoms with Gasteiger partial charge in [-0.15, -0.1) is 11.8 Å². The van der Waals surface area contributed by atoms with E-state index in [9.17, 15) is 4.79 Å². The third-order valence-corrected chi connectivity index (χ3v) is 7.33. The van der Waals surface area contributed by atoms with Crippen molar-refractivity contribution in [3.05, 3.63) is 83.4 Å². The van der Waals surface area contributed by atoms with Gasteiger partial charge in [-0.3, -0.25) is 9.69 Å². The highest BCUT2D eigenvalue weighted by molar-refractivity contribution is 7.98. The highest BCUT2D eigenvalue weighted by Gasteiger charge is 2.31. The summed E-state index contributed by atoms with van der Waals surface area (Å²) in [5.41, 5.74) is 3.09. The summed E-state index contributed by atoms with van der Waals surface area (Å²) >= 11 is 1.69. The van der Waals surface area contributed by atoms with Crippen LogP contribution in [0.3, 0.4) is 0 Å². The molecule has 176 valence electrons. The Labute approximate surface area is 204 Å². The molecule has 2 heterocycles. The Morgan fingerprint density at radius 3 is 2.71 bits per heavy atom. The number of Topliss-reactive ketones (excluding diaryl/α,β-unsaturated/α-hetero) is 1. The quantitative estimate of drug-likeness (QED) is 0.383. The maximum absolute atomic E-state index is 13.7. The van der Waals surface area contributed by atoms with Crippen LogP contribution >= 0.6 is 11.8 Å². The first-order valence-corrected chi connectivity index (χ1v) is 12.4. The van der Waals surface area contributed by atoms with Crippen LogP contribution in [0.5, 0.6) is 17.2 Å². The molecule has 0 saturated carbocycles. The molecule has 2 aliphatic rings. The number of hydrogen-bond donors (Lipinski definition) is 1. The van der Waals surface area contributed by atoms with Crippen LogP contribution < -0.4 is 19.5 Å². The maximum Gasteiger partial charge on any atom is 0.231 e. The van der Waals surface area contributed by atoms with E-state index in [0.717, 1.165) is 52.1 Å². The van der Waals surface area contributed by atoms with Crippen LogP contribution in [0.15, 0.2) is 71.6 Å². The number of piperazine rings is 1. The van der Waals surface area contributed by atoms with Crippen LogP contribution in [0.4, 0.5) is 0 Å². The molecule has 1 atom stereocenters. The highest BCUT2D eigenvalue weighted by Crippen LogP contribution is 2.33. The monoisotopic (exact) mass is 476 g/mol. The standard InChI is InChI=1S/C27H28N2O4S/c1-31-21-9-6-19(7-10-21)17-34-26-5-3-2-4-22(26)27(30)23-15-28-12-13-29(23)16-20-8-11-24-25(14-20)33-18-32-24/h2-11,14,23,28H,12-13,15-18H2,1H3. The molecule has 6 nitrogen and oxygen atoms in total. The molecule has 0 bridgehead atoms. The molecule has 5 rings (SSSR count). The number of thioether (sulfide) groups is 1. The molecule has 7 heteroatoms. The molecule has 0 spiro atoms. The predicted octanol–water partition coefficient (Wildman–Crippen LogP) is 4.37. The van der Waals surface area contributed by atoms with Gasteiger partial charge in [-0.05, 0) is 41.5 Å². The normalized spacial score (nSPS) is 17.5. The van der Waals surface area contributed by atoms with Crippen molar-refractivity contribution in [3.8, 4) is 17.2 Å². The first kappa shape index (κ1) is 22.8. The van der Waals surface area contributed by atoms with Crippen molar-refractivity contribution in [2.24, 2.45) is 0 Å². The van der Waals surface area contributed by atoms with Gasteiger partial charge >= 0.3 is 0 Å². The van der Waals surface area contributed by atoms with Gasteiger partial charge in [0.1, 0.15) is 5.75 Å². The maximum atomic E-state index is 13.7. The molecule has 1 unspecified atom stereocenters. The number of nitrogens with zero attached hydrogens (tertiary/aromatic N) is 1. The molecule has 0 aromatic heterocycles. The zero-order chi connectivity index (χ0) is 23.3. The molecule has 34 heavy (non-hydrogen) atoms. The summed E-state index contributed by atoms with van der Waals surface area (Å²) in [6, 6.07) is 21.8. The number of fused-ring (bicyclic) bond motifs is 1. The average Bonchev–Trinajstić information content (AvgIpc) is 3.36. The Morgan fingerprint density at radius 1 is 1.06 bits per heavy atom. The lowest BCUT2D eigenvalue weighted by atomic mass is 10.00. The molecular formula is C27H28N2O4S. The van der Waals surface area contributed by atoms with E-state index >= 15 is 0 Å². The molecule has 0 amide bonds. The number of ether oxygens (including phenoxy) is 3. The van der Waals surface area contributed by atoms with Crippen molar-refractivity contribution in [3.63, 3.8) is 0 Å². The van der Waals surface area contributed by atoms with E-state index in [0.29, 0.717) is 13.1 Å². The summed E-state index contributed by atoms with van der Waals surface area (Å²) in [7, 11) is 1.67. The zero-order valence-electron chi connectivity index (χ0n) is 19.2. The molecule has 1 N–H and O–H groups in total. The van der Waals surface area contributed by atoms with E-state index in [1.807, 2.05) is 48.5 Å². The molecule has 0 radical (unpaired) electrons. The van der Waals surface area contributed by atoms with Gasteiger partial charge < -0.3 is 19.5 Å². The summed E-state index contributed by atoms with van der Waals surface area (Å²) in [6.07, 6.45) is 0. The Balaban J connectivity index is 1.31. The Bertz CT molecular complexity index is 1150. The van der Waals surface area contributed by atoms with Gasteiger partial charge in [-0.1, -0.05) is 36.4 Å². The summed E-state index contributed by atoms with van der Waals surface area (Å²) in [6.45, 7) is 3.27. The van der Waals surface area contributed by atoms with Crippen LogP contribution in [-0.2, 0) is 12.3 Å². The number of methoxy groups -OCH3 is 1. The lowest BCUT2D eigenvalue weighted by Gasteiger charge is -2.35. The number of benzene rings is 3. The smallest absolute Gasteiger partial charge is 0.231 e. The second kappa shape index (κ2) is 10.5. The van der Waals surface area contributed by atoms with E-state index < -0.39 is 0 Å². The van der Waals surface area contributed by atoms with Gasteiger partial charge in [0.05, 0.1) is 13.2 Å². The van der Waals surface area contributed by atoms with Gasteiger partial charge in [0, 0.05) is 42.4 Å². The van der Waals surface area contributed by atoms with Gasteiger partial charge in [0.25, 0.3) is 0 Å². The van der Waals surface area contributed by atoms with Crippen LogP contribution in [0, 0.1) is 0 Å². The lowest BCUT2D eigenvalue weighted by Crippen LogP contribution is -2.54.